The standard InChI is InChI=1S/C12H13NO4/c1-3-9(8(2)14)12(15)10-6-4-5-7-11(10)13(16)17/h3-7,9,12,15H,1H2,2H3. The van der Waals surface area contributed by atoms with Crippen LogP contribution in [0, 0.1) is 16.0 Å². The molecule has 0 aliphatic rings. The molecular weight excluding hydrogens is 222 g/mol. The molecule has 5 heteroatoms. The summed E-state index contributed by atoms with van der Waals surface area (Å²) in [5, 5.41) is 20.8. The van der Waals surface area contributed by atoms with Crippen LogP contribution < -0.4 is 0 Å². The number of aliphatic hydroxyl groups is 1. The van der Waals surface area contributed by atoms with Gasteiger partial charge >= 0.3 is 0 Å². The molecule has 5 nitrogen and oxygen atoms in total. The Morgan fingerprint density at radius 1 is 1.53 bits per heavy atom. The number of carbonyl (C=O) groups excluding carboxylic acids is 1. The number of para-hydroxylation sites is 1. The monoisotopic (exact) mass is 235 g/mol. The maximum absolute atomic E-state index is 11.3. The van der Waals surface area contributed by atoms with E-state index in [-0.39, 0.29) is 17.0 Å². The molecule has 2 atom stereocenters. The molecule has 0 aromatic heterocycles. The lowest BCUT2D eigenvalue weighted by Gasteiger charge is -2.17. The Bertz CT molecular complexity index is 456. The van der Waals surface area contributed by atoms with Gasteiger partial charge in [0, 0.05) is 6.07 Å². The Hall–Kier alpha value is -2.01. The first-order chi connectivity index (χ1) is 7.99. The van der Waals surface area contributed by atoms with Crippen molar-refractivity contribution in [3.63, 3.8) is 0 Å². The molecule has 2 unspecified atom stereocenters. The molecule has 90 valence electrons. The lowest BCUT2D eigenvalue weighted by Crippen LogP contribution is -2.18. The van der Waals surface area contributed by atoms with Crippen LogP contribution in [0.3, 0.4) is 0 Å². The van der Waals surface area contributed by atoms with Gasteiger partial charge in [0.05, 0.1) is 22.5 Å². The number of hydrogen-bond donors (Lipinski definition) is 1. The predicted molar refractivity (Wildman–Crippen MR) is 62.4 cm³/mol. The number of nitrogens with zero attached hydrogens (tertiary/aromatic N) is 1. The minimum absolute atomic E-state index is 0.123. The second-order valence-electron chi connectivity index (χ2n) is 3.63. The van der Waals surface area contributed by atoms with E-state index in [2.05, 4.69) is 6.58 Å². The Labute approximate surface area is 98.5 Å². The van der Waals surface area contributed by atoms with Gasteiger partial charge in [-0.15, -0.1) is 6.58 Å². The van der Waals surface area contributed by atoms with Gasteiger partial charge in [0.1, 0.15) is 5.78 Å². The molecule has 0 saturated heterocycles. The van der Waals surface area contributed by atoms with E-state index in [1.54, 1.807) is 6.07 Å². The molecule has 0 saturated carbocycles. The van der Waals surface area contributed by atoms with Gasteiger partial charge in [-0.3, -0.25) is 14.9 Å². The number of nitro groups is 1. The summed E-state index contributed by atoms with van der Waals surface area (Å²) in [6, 6.07) is 5.80. The first kappa shape index (κ1) is 13.1. The van der Waals surface area contributed by atoms with Gasteiger partial charge in [-0.2, -0.15) is 0 Å². The predicted octanol–water partition coefficient (Wildman–Crippen LogP) is 2.02. The van der Waals surface area contributed by atoms with Crippen LogP contribution in [0.1, 0.15) is 18.6 Å². The highest BCUT2D eigenvalue weighted by Gasteiger charge is 2.27. The van der Waals surface area contributed by atoms with Crippen LogP contribution in [0.25, 0.3) is 0 Å². The van der Waals surface area contributed by atoms with E-state index in [1.165, 1.54) is 31.2 Å². The molecule has 0 amide bonds. The maximum Gasteiger partial charge on any atom is 0.275 e. The zero-order chi connectivity index (χ0) is 13.0. The molecule has 1 N–H and O–H groups in total. The Kier molecular flexibility index (Phi) is 4.12. The summed E-state index contributed by atoms with van der Waals surface area (Å²) >= 11 is 0. The highest BCUT2D eigenvalue weighted by molar-refractivity contribution is 5.81. The van der Waals surface area contributed by atoms with Gasteiger partial charge in [0.15, 0.2) is 0 Å². The zero-order valence-electron chi connectivity index (χ0n) is 9.37. The highest BCUT2D eigenvalue weighted by atomic mass is 16.6. The van der Waals surface area contributed by atoms with Crippen molar-refractivity contribution >= 4 is 11.5 Å². The highest BCUT2D eigenvalue weighted by Crippen LogP contribution is 2.30. The van der Waals surface area contributed by atoms with Crippen molar-refractivity contribution < 1.29 is 14.8 Å². The number of ketones is 1. The molecule has 17 heavy (non-hydrogen) atoms. The fourth-order valence-corrected chi connectivity index (χ4v) is 1.61. The first-order valence-electron chi connectivity index (χ1n) is 5.03. The lowest BCUT2D eigenvalue weighted by atomic mass is 9.92. The van der Waals surface area contributed by atoms with E-state index < -0.39 is 16.9 Å². The van der Waals surface area contributed by atoms with Crippen molar-refractivity contribution in [2.24, 2.45) is 5.92 Å². The van der Waals surface area contributed by atoms with E-state index in [4.69, 9.17) is 0 Å². The van der Waals surface area contributed by atoms with Crippen molar-refractivity contribution in [2.75, 3.05) is 0 Å². The third kappa shape index (κ3) is 2.76. The Morgan fingerprint density at radius 2 is 2.12 bits per heavy atom. The lowest BCUT2D eigenvalue weighted by molar-refractivity contribution is -0.386. The summed E-state index contributed by atoms with van der Waals surface area (Å²) < 4.78 is 0. The van der Waals surface area contributed by atoms with Crippen LogP contribution in [0.2, 0.25) is 0 Å². The fraction of sp³-hybridized carbons (Fsp3) is 0.250. The average molecular weight is 235 g/mol. The van der Waals surface area contributed by atoms with Gasteiger partial charge in [-0.25, -0.2) is 0 Å². The van der Waals surface area contributed by atoms with Crippen LogP contribution in [-0.4, -0.2) is 15.8 Å². The zero-order valence-corrected chi connectivity index (χ0v) is 9.37. The molecule has 0 spiro atoms. The van der Waals surface area contributed by atoms with Gasteiger partial charge in [0.25, 0.3) is 5.69 Å². The van der Waals surface area contributed by atoms with Gasteiger partial charge in [-0.05, 0) is 13.0 Å². The van der Waals surface area contributed by atoms with Gasteiger partial charge in [-0.1, -0.05) is 18.2 Å². The molecule has 0 heterocycles. The van der Waals surface area contributed by atoms with E-state index in [9.17, 15) is 20.0 Å². The van der Waals surface area contributed by atoms with Crippen LogP contribution in [0.15, 0.2) is 36.9 Å². The topological polar surface area (TPSA) is 80.4 Å². The van der Waals surface area contributed by atoms with E-state index >= 15 is 0 Å². The third-order valence-corrected chi connectivity index (χ3v) is 2.52. The summed E-state index contributed by atoms with van der Waals surface area (Å²) in [7, 11) is 0. The number of rotatable bonds is 5. The molecule has 0 radical (unpaired) electrons. The van der Waals surface area contributed by atoms with E-state index in [0.717, 1.165) is 0 Å². The minimum atomic E-state index is -1.24. The summed E-state index contributed by atoms with van der Waals surface area (Å²) in [6.45, 7) is 4.76. The van der Waals surface area contributed by atoms with Crippen molar-refractivity contribution in [3.05, 3.63) is 52.6 Å². The summed E-state index contributed by atoms with van der Waals surface area (Å²) in [5.74, 6) is -1.12. The molecule has 0 aliphatic carbocycles. The molecule has 0 bridgehead atoms. The molecule has 1 rings (SSSR count). The van der Waals surface area contributed by atoms with E-state index in [0.29, 0.717) is 0 Å². The molecule has 1 aromatic rings. The normalized spacial score (nSPS) is 13.8. The number of aliphatic hydroxyl groups excluding tert-OH is 1. The first-order valence-corrected chi connectivity index (χ1v) is 5.03. The summed E-state index contributed by atoms with van der Waals surface area (Å²) in [6.07, 6.45) is 0.0515. The van der Waals surface area contributed by atoms with E-state index in [1.807, 2.05) is 0 Å². The Morgan fingerprint density at radius 3 is 2.59 bits per heavy atom. The fourth-order valence-electron chi connectivity index (χ4n) is 1.61. The third-order valence-electron chi connectivity index (χ3n) is 2.52. The van der Waals surface area contributed by atoms with Gasteiger partial charge in [0.2, 0.25) is 0 Å². The number of Topliss-reactive ketones (excluding diaryl/α,β-unsaturated/α-hetero) is 1. The molecule has 1 aromatic carbocycles. The molecular formula is C12H13NO4. The Balaban J connectivity index is 3.19. The van der Waals surface area contributed by atoms with Crippen molar-refractivity contribution in [2.45, 2.75) is 13.0 Å². The van der Waals surface area contributed by atoms with Crippen molar-refractivity contribution in [1.29, 1.82) is 0 Å². The number of nitro benzene ring substituents is 1. The molecule has 0 fully saturated rings. The number of benzene rings is 1. The minimum Gasteiger partial charge on any atom is -0.387 e. The van der Waals surface area contributed by atoms with Crippen molar-refractivity contribution in [1.82, 2.24) is 0 Å². The van der Waals surface area contributed by atoms with Gasteiger partial charge < -0.3 is 5.11 Å². The van der Waals surface area contributed by atoms with Crippen LogP contribution >= 0.6 is 0 Å². The SMILES string of the molecule is C=CC(C(C)=O)C(O)c1ccccc1[N+](=O)[O-]. The number of hydrogen-bond acceptors (Lipinski definition) is 4. The second kappa shape index (κ2) is 5.36. The van der Waals surface area contributed by atoms with Crippen molar-refractivity contribution in [3.8, 4) is 0 Å². The maximum atomic E-state index is 11.3. The second-order valence-corrected chi connectivity index (χ2v) is 3.63. The largest absolute Gasteiger partial charge is 0.387 e. The quantitative estimate of drug-likeness (QED) is 0.481. The van der Waals surface area contributed by atoms with Crippen LogP contribution in [0.5, 0.6) is 0 Å². The smallest absolute Gasteiger partial charge is 0.275 e. The molecule has 0 aliphatic heterocycles. The van der Waals surface area contributed by atoms with Crippen LogP contribution in [0.4, 0.5) is 5.69 Å². The summed E-state index contributed by atoms with van der Waals surface area (Å²) in [4.78, 5) is 21.5. The average Bonchev–Trinajstić information content (AvgIpc) is 2.29. The van der Waals surface area contributed by atoms with Crippen LogP contribution in [-0.2, 0) is 4.79 Å². The number of carbonyl (C=O) groups is 1. The summed E-state index contributed by atoms with van der Waals surface area (Å²) in [5.41, 5.74) is -0.0781.